The van der Waals surface area contributed by atoms with E-state index in [0.29, 0.717) is 17.9 Å². The zero-order valence-corrected chi connectivity index (χ0v) is 18.3. The average molecular weight is 476 g/mol. The fraction of sp³-hybridized carbons (Fsp3) is 0.350. The molecule has 0 spiro atoms. The van der Waals surface area contributed by atoms with E-state index in [1.165, 1.54) is 13.3 Å². The van der Waals surface area contributed by atoms with Gasteiger partial charge >= 0.3 is 6.18 Å². The highest BCUT2D eigenvalue weighted by Gasteiger charge is 2.36. The largest absolute Gasteiger partial charge is 0.422 e. The Kier molecular flexibility index (Phi) is 5.37. The van der Waals surface area contributed by atoms with Gasteiger partial charge in [-0.3, -0.25) is 14.7 Å². The Morgan fingerprint density at radius 2 is 1.94 bits per heavy atom. The second-order valence-corrected chi connectivity index (χ2v) is 8.81. The van der Waals surface area contributed by atoms with Crippen LogP contribution in [0.2, 0.25) is 0 Å². The van der Waals surface area contributed by atoms with E-state index in [0.717, 1.165) is 41.8 Å². The van der Waals surface area contributed by atoms with Gasteiger partial charge in [-0.1, -0.05) is 11.3 Å². The number of fused-ring (bicyclic) bond motifs is 1. The maximum Gasteiger partial charge on any atom is 0.422 e. The minimum Gasteiger partial charge on any atom is -0.360 e. The summed E-state index contributed by atoms with van der Waals surface area (Å²) in [5.41, 5.74) is -1.20. The van der Waals surface area contributed by atoms with Crippen LogP contribution in [-0.2, 0) is 12.7 Å². The first kappa shape index (κ1) is 21.5. The van der Waals surface area contributed by atoms with Crippen LogP contribution in [-0.4, -0.2) is 61.2 Å². The molecule has 0 bridgehead atoms. The maximum atomic E-state index is 13.2. The number of aryl methyl sites for hydroxylation is 1. The Bertz CT molecular complexity index is 1340. The average Bonchev–Trinajstić information content (AvgIpc) is 3.45. The molecular formula is C20H19F3N8OS. The fourth-order valence-electron chi connectivity index (χ4n) is 4.02. The zero-order valence-electron chi connectivity index (χ0n) is 17.5. The number of pyridine rings is 2. The molecule has 0 radical (unpaired) electrons. The number of piperazine rings is 1. The molecule has 1 fully saturated rings. The highest BCUT2D eigenvalue weighted by Crippen LogP contribution is 2.32. The molecule has 0 aromatic carbocycles. The first-order valence-corrected chi connectivity index (χ1v) is 11.0. The van der Waals surface area contributed by atoms with Crippen molar-refractivity contribution in [3.63, 3.8) is 0 Å². The third-order valence-electron chi connectivity index (χ3n) is 5.64. The lowest BCUT2D eigenvalue weighted by Gasteiger charge is -2.35. The number of hydrogen-bond donors (Lipinski definition) is 2. The van der Waals surface area contributed by atoms with Gasteiger partial charge in [-0.25, -0.2) is 4.98 Å². The zero-order chi connectivity index (χ0) is 23.2. The minimum absolute atomic E-state index is 0.156. The van der Waals surface area contributed by atoms with Crippen LogP contribution in [0.5, 0.6) is 0 Å². The molecule has 9 nitrogen and oxygen atoms in total. The first-order valence-electron chi connectivity index (χ1n) is 10.2. The monoisotopic (exact) mass is 476 g/mol. The summed E-state index contributed by atoms with van der Waals surface area (Å²) < 4.78 is 39.6. The molecule has 5 heterocycles. The maximum absolute atomic E-state index is 13.2. The van der Waals surface area contributed by atoms with Crippen LogP contribution in [0.1, 0.15) is 16.7 Å². The van der Waals surface area contributed by atoms with Gasteiger partial charge in [0, 0.05) is 38.9 Å². The van der Waals surface area contributed by atoms with Crippen molar-refractivity contribution in [3.8, 4) is 10.8 Å². The number of nitrogens with zero attached hydrogens (tertiary/aromatic N) is 6. The number of hydrogen-bond acceptors (Lipinski definition) is 8. The van der Waals surface area contributed by atoms with E-state index in [1.54, 1.807) is 23.6 Å². The van der Waals surface area contributed by atoms with Gasteiger partial charge in [0.15, 0.2) is 10.8 Å². The number of alkyl halides is 3. The van der Waals surface area contributed by atoms with E-state index in [1.807, 2.05) is 6.20 Å². The van der Waals surface area contributed by atoms with Gasteiger partial charge in [-0.15, -0.1) is 10.2 Å². The number of halogens is 3. The summed E-state index contributed by atoms with van der Waals surface area (Å²) in [5.74, 6) is 0.643. The van der Waals surface area contributed by atoms with Crippen molar-refractivity contribution < 1.29 is 13.2 Å². The Morgan fingerprint density at radius 1 is 1.15 bits per heavy atom. The summed E-state index contributed by atoms with van der Waals surface area (Å²) in [6.45, 7) is 5.09. The van der Waals surface area contributed by atoms with Gasteiger partial charge in [-0.2, -0.15) is 13.2 Å². The highest BCUT2D eigenvalue weighted by molar-refractivity contribution is 7.18. The molecule has 5 rings (SSSR count). The lowest BCUT2D eigenvalue weighted by Crippen LogP contribution is -2.45. The van der Waals surface area contributed by atoms with Crippen LogP contribution in [0.4, 0.5) is 18.2 Å². The van der Waals surface area contributed by atoms with E-state index in [-0.39, 0.29) is 11.1 Å². The third kappa shape index (κ3) is 4.20. The topological polar surface area (TPSA) is 107 Å². The molecule has 0 unspecified atom stereocenters. The Balaban J connectivity index is 1.27. The predicted octanol–water partition coefficient (Wildman–Crippen LogP) is 2.81. The summed E-state index contributed by atoms with van der Waals surface area (Å²) in [6, 6.07) is 1.70. The number of aromatic nitrogens is 6. The Morgan fingerprint density at radius 3 is 2.64 bits per heavy atom. The molecule has 0 atom stereocenters. The molecule has 1 aliphatic rings. The van der Waals surface area contributed by atoms with E-state index in [2.05, 4.69) is 39.9 Å². The van der Waals surface area contributed by atoms with E-state index < -0.39 is 17.3 Å². The van der Waals surface area contributed by atoms with E-state index in [4.69, 9.17) is 0 Å². The molecule has 1 aliphatic heterocycles. The summed E-state index contributed by atoms with van der Waals surface area (Å²) in [7, 11) is 0. The second-order valence-electron chi connectivity index (χ2n) is 7.80. The van der Waals surface area contributed by atoms with Crippen LogP contribution >= 0.6 is 11.3 Å². The second kappa shape index (κ2) is 8.23. The molecule has 172 valence electrons. The van der Waals surface area contributed by atoms with Gasteiger partial charge < -0.3 is 14.9 Å². The minimum atomic E-state index is -4.72. The van der Waals surface area contributed by atoms with Crippen LogP contribution in [0.3, 0.4) is 0 Å². The Hall–Kier alpha value is -3.32. The number of anilines is 1. The molecule has 0 amide bonds. The van der Waals surface area contributed by atoms with Crippen molar-refractivity contribution in [2.75, 3.05) is 31.1 Å². The quantitative estimate of drug-likeness (QED) is 0.467. The number of thiazole rings is 1. The summed E-state index contributed by atoms with van der Waals surface area (Å²) >= 11 is 1.55. The normalized spacial score (nSPS) is 15.5. The van der Waals surface area contributed by atoms with Crippen molar-refractivity contribution in [3.05, 3.63) is 51.8 Å². The van der Waals surface area contributed by atoms with E-state index in [9.17, 15) is 18.0 Å². The molecule has 4 aromatic rings. The molecular weight excluding hydrogens is 457 g/mol. The summed E-state index contributed by atoms with van der Waals surface area (Å²) in [6.07, 6.45) is 0.203. The smallest absolute Gasteiger partial charge is 0.360 e. The molecule has 0 aliphatic carbocycles. The lowest BCUT2D eigenvalue weighted by molar-refractivity contribution is -0.139. The number of aromatic amines is 2. The molecule has 0 saturated carbocycles. The molecule has 33 heavy (non-hydrogen) atoms. The van der Waals surface area contributed by atoms with Crippen molar-refractivity contribution in [1.29, 1.82) is 0 Å². The number of nitrogens with one attached hydrogen (secondary N) is 2. The summed E-state index contributed by atoms with van der Waals surface area (Å²) in [4.78, 5) is 30.4. The van der Waals surface area contributed by atoms with Gasteiger partial charge in [0.05, 0.1) is 17.2 Å². The first-order chi connectivity index (χ1) is 15.8. The number of H-pyrrole nitrogens is 2. The standard InChI is InChI=1S/C20H19F3N8OS/c1-11-15(20(21,22)23)18(32)28-13-6-12(7-24-16(11)13)9-30-2-4-31(5-3-30)14-8-25-19(33-14)17-26-10-27-29-17/h6-8,10H,2-5,9H2,1H3,(H,28,32)(H,26,27,29). The SMILES string of the molecule is Cc1c(C(F)(F)F)c(=O)[nH]c2cc(CN3CCN(c4cnc(-c5nnc[nH]5)s4)CC3)cnc12. The molecule has 4 aromatic heterocycles. The lowest BCUT2D eigenvalue weighted by atomic mass is 10.1. The van der Waals surface area contributed by atoms with Crippen molar-refractivity contribution in [1.82, 2.24) is 35.0 Å². The Labute approximate surface area is 189 Å². The molecule has 13 heteroatoms. The highest BCUT2D eigenvalue weighted by atomic mass is 32.1. The van der Waals surface area contributed by atoms with Gasteiger partial charge in [0.2, 0.25) is 0 Å². The van der Waals surface area contributed by atoms with Crippen molar-refractivity contribution in [2.24, 2.45) is 0 Å². The number of rotatable bonds is 4. The van der Waals surface area contributed by atoms with Crippen molar-refractivity contribution in [2.45, 2.75) is 19.6 Å². The van der Waals surface area contributed by atoms with Crippen LogP contribution in [0.15, 0.2) is 29.6 Å². The van der Waals surface area contributed by atoms with Gasteiger partial charge in [0.25, 0.3) is 5.56 Å². The molecule has 1 saturated heterocycles. The van der Waals surface area contributed by atoms with E-state index >= 15 is 0 Å². The predicted molar refractivity (Wildman–Crippen MR) is 117 cm³/mol. The van der Waals surface area contributed by atoms with Crippen LogP contribution in [0.25, 0.3) is 21.9 Å². The van der Waals surface area contributed by atoms with Gasteiger partial charge in [0.1, 0.15) is 16.9 Å². The third-order valence-corrected chi connectivity index (χ3v) is 6.70. The van der Waals surface area contributed by atoms with Crippen LogP contribution < -0.4 is 10.5 Å². The molecule has 2 N–H and O–H groups in total. The summed E-state index contributed by atoms with van der Waals surface area (Å²) in [5, 5.41) is 9.60. The fourth-order valence-corrected chi connectivity index (χ4v) is 4.94. The van der Waals surface area contributed by atoms with Crippen LogP contribution in [0, 0.1) is 6.92 Å². The van der Waals surface area contributed by atoms with Crippen molar-refractivity contribution >= 4 is 27.4 Å². The van der Waals surface area contributed by atoms with Gasteiger partial charge in [-0.05, 0) is 24.1 Å².